The van der Waals surface area contributed by atoms with Crippen LogP contribution in [0.2, 0.25) is 0 Å². The molecule has 0 aliphatic heterocycles. The van der Waals surface area contributed by atoms with Crippen molar-refractivity contribution in [3.63, 3.8) is 0 Å². The lowest BCUT2D eigenvalue weighted by Crippen LogP contribution is -2.40. The first kappa shape index (κ1) is 20.0. The first-order valence-corrected chi connectivity index (χ1v) is 8.72. The summed E-state index contributed by atoms with van der Waals surface area (Å²) in [5.74, 6) is 0.712. The topological polar surface area (TPSA) is 56.7 Å². The molecule has 24 heavy (non-hydrogen) atoms. The zero-order valence-electron chi connectivity index (χ0n) is 15.8. The number of benzene rings is 1. The molecule has 0 bridgehead atoms. The molecule has 0 unspecified atom stereocenters. The van der Waals surface area contributed by atoms with Gasteiger partial charge in [0.25, 0.3) is 0 Å². The zero-order valence-corrected chi connectivity index (χ0v) is 15.8. The van der Waals surface area contributed by atoms with Gasteiger partial charge in [-0.15, -0.1) is 0 Å². The number of aliphatic imine (C=N–C) groups is 1. The number of aryl methyl sites for hydroxylation is 2. The third-order valence-corrected chi connectivity index (χ3v) is 3.68. The number of likely N-dealkylation sites (N-methyl/N-ethyl adjacent to an activating group) is 1. The molecule has 0 radical (unpaired) electrons. The van der Waals surface area contributed by atoms with Gasteiger partial charge in [0.2, 0.25) is 5.91 Å². The summed E-state index contributed by atoms with van der Waals surface area (Å²) in [6, 6.07) is 6.61. The van der Waals surface area contributed by atoms with E-state index in [4.69, 9.17) is 0 Å². The number of hydrogen-bond donors (Lipinski definition) is 2. The highest BCUT2D eigenvalue weighted by Gasteiger charge is 2.04. The largest absolute Gasteiger partial charge is 0.356 e. The second-order valence-electron chi connectivity index (χ2n) is 6.41. The van der Waals surface area contributed by atoms with Gasteiger partial charge in [0.05, 0.1) is 0 Å². The molecule has 0 aliphatic carbocycles. The lowest BCUT2D eigenvalue weighted by Gasteiger charge is -2.14. The van der Waals surface area contributed by atoms with E-state index in [9.17, 15) is 4.79 Å². The molecule has 0 fully saturated rings. The van der Waals surface area contributed by atoms with E-state index >= 15 is 0 Å². The molecular weight excluding hydrogens is 300 g/mol. The molecule has 0 aromatic heterocycles. The maximum Gasteiger partial charge on any atom is 0.243 e. The summed E-state index contributed by atoms with van der Waals surface area (Å²) in [7, 11) is 3.49. The minimum Gasteiger partial charge on any atom is -0.356 e. The Balaban J connectivity index is 2.56. The second-order valence-corrected chi connectivity index (χ2v) is 6.41. The SMILES string of the molecule is CCCCNC(=NCC(=O)N(C)C)NCCc1cc(C)cc(C)c1. The van der Waals surface area contributed by atoms with E-state index in [1.165, 1.54) is 16.7 Å². The van der Waals surface area contributed by atoms with Crippen molar-refractivity contribution in [1.82, 2.24) is 15.5 Å². The summed E-state index contributed by atoms with van der Waals surface area (Å²) in [5.41, 5.74) is 3.89. The van der Waals surface area contributed by atoms with Gasteiger partial charge in [0.1, 0.15) is 6.54 Å². The maximum absolute atomic E-state index is 11.7. The third kappa shape index (κ3) is 7.99. The highest BCUT2D eigenvalue weighted by atomic mass is 16.2. The summed E-state index contributed by atoms with van der Waals surface area (Å²) >= 11 is 0. The van der Waals surface area contributed by atoms with Crippen LogP contribution in [0, 0.1) is 13.8 Å². The summed E-state index contributed by atoms with van der Waals surface area (Å²) in [5, 5.41) is 6.62. The number of carbonyl (C=O) groups is 1. The number of amides is 1. The minimum absolute atomic E-state index is 0.000834. The molecule has 1 aromatic carbocycles. The lowest BCUT2D eigenvalue weighted by atomic mass is 10.1. The van der Waals surface area contributed by atoms with Crippen molar-refractivity contribution >= 4 is 11.9 Å². The van der Waals surface area contributed by atoms with Crippen LogP contribution in [0.4, 0.5) is 0 Å². The molecule has 2 N–H and O–H groups in total. The number of guanidine groups is 1. The Morgan fingerprint density at radius 1 is 1.08 bits per heavy atom. The van der Waals surface area contributed by atoms with Crippen LogP contribution in [0.5, 0.6) is 0 Å². The fraction of sp³-hybridized carbons (Fsp3) is 0.579. The number of nitrogens with zero attached hydrogens (tertiary/aromatic N) is 2. The molecule has 5 nitrogen and oxygen atoms in total. The number of unbranched alkanes of at least 4 members (excludes halogenated alkanes) is 1. The number of hydrogen-bond acceptors (Lipinski definition) is 2. The van der Waals surface area contributed by atoms with Crippen LogP contribution < -0.4 is 10.6 Å². The molecule has 0 saturated heterocycles. The van der Waals surface area contributed by atoms with Gasteiger partial charge in [-0.3, -0.25) is 4.79 Å². The first-order valence-electron chi connectivity index (χ1n) is 8.72. The van der Waals surface area contributed by atoms with E-state index in [0.29, 0.717) is 5.96 Å². The van der Waals surface area contributed by atoms with Gasteiger partial charge < -0.3 is 15.5 Å². The summed E-state index contributed by atoms with van der Waals surface area (Å²) in [6.07, 6.45) is 3.14. The number of nitrogens with one attached hydrogen (secondary N) is 2. The van der Waals surface area contributed by atoms with Crippen LogP contribution in [0.15, 0.2) is 23.2 Å². The highest BCUT2D eigenvalue weighted by Crippen LogP contribution is 2.08. The molecule has 0 heterocycles. The average Bonchev–Trinajstić information content (AvgIpc) is 2.50. The molecule has 1 aromatic rings. The fourth-order valence-corrected chi connectivity index (χ4v) is 2.38. The van der Waals surface area contributed by atoms with Crippen LogP contribution >= 0.6 is 0 Å². The van der Waals surface area contributed by atoms with Gasteiger partial charge in [-0.05, 0) is 32.3 Å². The molecule has 1 rings (SSSR count). The van der Waals surface area contributed by atoms with E-state index in [0.717, 1.165) is 32.4 Å². The van der Waals surface area contributed by atoms with Crippen molar-refractivity contribution in [2.24, 2.45) is 4.99 Å². The quantitative estimate of drug-likeness (QED) is 0.436. The van der Waals surface area contributed by atoms with Crippen molar-refractivity contribution in [3.8, 4) is 0 Å². The molecule has 1 amide bonds. The lowest BCUT2D eigenvalue weighted by molar-refractivity contribution is -0.127. The Hall–Kier alpha value is -2.04. The van der Waals surface area contributed by atoms with Crippen molar-refractivity contribution in [2.75, 3.05) is 33.7 Å². The van der Waals surface area contributed by atoms with Gasteiger partial charge >= 0.3 is 0 Å². The van der Waals surface area contributed by atoms with E-state index in [1.807, 2.05) is 0 Å². The van der Waals surface area contributed by atoms with Crippen molar-refractivity contribution in [1.29, 1.82) is 0 Å². The summed E-state index contributed by atoms with van der Waals surface area (Å²) in [4.78, 5) is 17.7. The molecule has 0 atom stereocenters. The van der Waals surface area contributed by atoms with E-state index in [2.05, 4.69) is 54.6 Å². The standard InChI is InChI=1S/C19H32N4O/c1-6-7-9-20-19(22-14-18(24)23(4)5)21-10-8-17-12-15(2)11-16(3)13-17/h11-13H,6-10,14H2,1-5H3,(H2,20,21,22). The highest BCUT2D eigenvalue weighted by molar-refractivity contribution is 5.84. The van der Waals surface area contributed by atoms with Crippen molar-refractivity contribution in [2.45, 2.75) is 40.0 Å². The van der Waals surface area contributed by atoms with Gasteiger partial charge in [-0.2, -0.15) is 0 Å². The molecule has 5 heteroatoms. The van der Waals surface area contributed by atoms with Crippen molar-refractivity contribution in [3.05, 3.63) is 34.9 Å². The summed E-state index contributed by atoms with van der Waals surface area (Å²) in [6.45, 7) is 8.21. The second kappa shape index (κ2) is 10.7. The number of rotatable bonds is 8. The zero-order chi connectivity index (χ0) is 17.9. The normalized spacial score (nSPS) is 11.3. The van der Waals surface area contributed by atoms with Crippen LogP contribution in [-0.4, -0.2) is 50.5 Å². The van der Waals surface area contributed by atoms with Crippen LogP contribution in [0.1, 0.15) is 36.5 Å². The maximum atomic E-state index is 11.7. The Morgan fingerprint density at radius 2 is 1.71 bits per heavy atom. The summed E-state index contributed by atoms with van der Waals surface area (Å²) < 4.78 is 0. The third-order valence-electron chi connectivity index (χ3n) is 3.68. The smallest absolute Gasteiger partial charge is 0.243 e. The van der Waals surface area contributed by atoms with Crippen LogP contribution in [0.3, 0.4) is 0 Å². The first-order chi connectivity index (χ1) is 11.4. The Labute approximate surface area is 146 Å². The van der Waals surface area contributed by atoms with Gasteiger partial charge in [-0.1, -0.05) is 42.7 Å². The Kier molecular flexibility index (Phi) is 8.90. The van der Waals surface area contributed by atoms with Crippen LogP contribution in [-0.2, 0) is 11.2 Å². The van der Waals surface area contributed by atoms with Gasteiger partial charge in [0, 0.05) is 27.2 Å². The fourth-order valence-electron chi connectivity index (χ4n) is 2.38. The van der Waals surface area contributed by atoms with E-state index < -0.39 is 0 Å². The molecule has 134 valence electrons. The molecule has 0 aliphatic rings. The van der Waals surface area contributed by atoms with E-state index in [1.54, 1.807) is 19.0 Å². The molecule has 0 saturated carbocycles. The molecule has 0 spiro atoms. The minimum atomic E-state index is 0.000834. The average molecular weight is 332 g/mol. The van der Waals surface area contributed by atoms with E-state index in [-0.39, 0.29) is 12.5 Å². The predicted octanol–water partition coefficient (Wildman–Crippen LogP) is 2.27. The Morgan fingerprint density at radius 3 is 2.29 bits per heavy atom. The predicted molar refractivity (Wildman–Crippen MR) is 102 cm³/mol. The number of carbonyl (C=O) groups excluding carboxylic acids is 1. The van der Waals surface area contributed by atoms with Gasteiger partial charge in [-0.25, -0.2) is 4.99 Å². The Bertz CT molecular complexity index is 532. The molecular formula is C19H32N4O. The van der Waals surface area contributed by atoms with Gasteiger partial charge in [0.15, 0.2) is 5.96 Å². The van der Waals surface area contributed by atoms with Crippen LogP contribution in [0.25, 0.3) is 0 Å². The monoisotopic (exact) mass is 332 g/mol. The van der Waals surface area contributed by atoms with Crippen molar-refractivity contribution < 1.29 is 4.79 Å².